The van der Waals surface area contributed by atoms with E-state index in [1.807, 2.05) is 6.08 Å². The van der Waals surface area contributed by atoms with E-state index in [9.17, 15) is 18.0 Å². The molecule has 1 amide bonds. The predicted octanol–water partition coefficient (Wildman–Crippen LogP) is 3.75. The molecule has 1 saturated heterocycles. The van der Waals surface area contributed by atoms with Gasteiger partial charge in [-0.25, -0.2) is 0 Å². The second-order valence-electron chi connectivity index (χ2n) is 5.02. The van der Waals surface area contributed by atoms with Crippen molar-refractivity contribution < 1.29 is 18.0 Å². The normalized spacial score (nSPS) is 19.2. The van der Waals surface area contributed by atoms with Gasteiger partial charge in [0, 0.05) is 13.1 Å². The van der Waals surface area contributed by atoms with E-state index < -0.39 is 11.7 Å². The average Bonchev–Trinajstić information content (AvgIpc) is 2.92. The van der Waals surface area contributed by atoms with Crippen molar-refractivity contribution in [3.05, 3.63) is 54.1 Å². The van der Waals surface area contributed by atoms with Crippen LogP contribution in [0.2, 0.25) is 0 Å². The number of alkyl halides is 3. The van der Waals surface area contributed by atoms with Gasteiger partial charge in [0.2, 0.25) is 5.91 Å². The first-order valence-electron chi connectivity index (χ1n) is 6.67. The standard InChI is InChI=1S/C16H16F3NO/c1-2-15(21)20-10-9-13(11-20)4-3-12-5-7-14(8-6-12)16(17,18)19/h2-8,13H,1,9-11H2/b4-3+/t13-/m1/s1. The first-order chi connectivity index (χ1) is 9.90. The predicted molar refractivity (Wildman–Crippen MR) is 75.4 cm³/mol. The minimum absolute atomic E-state index is 0.0829. The van der Waals surface area contributed by atoms with E-state index in [2.05, 4.69) is 6.58 Å². The molecule has 0 N–H and O–H groups in total. The highest BCUT2D eigenvalue weighted by atomic mass is 19.4. The number of amides is 1. The van der Waals surface area contributed by atoms with E-state index in [1.165, 1.54) is 18.2 Å². The molecule has 1 fully saturated rings. The molecule has 112 valence electrons. The van der Waals surface area contributed by atoms with E-state index in [-0.39, 0.29) is 11.8 Å². The highest BCUT2D eigenvalue weighted by molar-refractivity contribution is 5.87. The molecule has 0 bridgehead atoms. The van der Waals surface area contributed by atoms with Gasteiger partial charge in [-0.1, -0.05) is 30.9 Å². The second-order valence-corrected chi connectivity index (χ2v) is 5.02. The molecule has 2 nitrogen and oxygen atoms in total. The van der Waals surface area contributed by atoms with Crippen LogP contribution in [0.15, 0.2) is 43.0 Å². The molecule has 0 radical (unpaired) electrons. The van der Waals surface area contributed by atoms with Crippen LogP contribution in [0.4, 0.5) is 13.2 Å². The van der Waals surface area contributed by atoms with E-state index >= 15 is 0 Å². The van der Waals surface area contributed by atoms with Crippen LogP contribution >= 0.6 is 0 Å². The number of carbonyl (C=O) groups is 1. The van der Waals surface area contributed by atoms with E-state index in [1.54, 1.807) is 11.0 Å². The van der Waals surface area contributed by atoms with Gasteiger partial charge in [-0.15, -0.1) is 0 Å². The fourth-order valence-corrected chi connectivity index (χ4v) is 2.30. The molecule has 0 spiro atoms. The summed E-state index contributed by atoms with van der Waals surface area (Å²) in [6.45, 7) is 4.77. The van der Waals surface area contributed by atoms with Crippen molar-refractivity contribution >= 4 is 12.0 Å². The monoisotopic (exact) mass is 295 g/mol. The van der Waals surface area contributed by atoms with Crippen LogP contribution in [-0.4, -0.2) is 23.9 Å². The van der Waals surface area contributed by atoms with Gasteiger partial charge in [0.25, 0.3) is 0 Å². The van der Waals surface area contributed by atoms with Gasteiger partial charge in [-0.3, -0.25) is 4.79 Å². The molecular weight excluding hydrogens is 279 g/mol. The van der Waals surface area contributed by atoms with Gasteiger partial charge in [0.1, 0.15) is 0 Å². The number of hydrogen-bond donors (Lipinski definition) is 0. The third-order valence-corrected chi connectivity index (χ3v) is 3.51. The van der Waals surface area contributed by atoms with Crippen LogP contribution in [0, 0.1) is 5.92 Å². The number of halogens is 3. The van der Waals surface area contributed by atoms with Gasteiger partial charge in [-0.2, -0.15) is 13.2 Å². The minimum Gasteiger partial charge on any atom is -0.339 e. The zero-order valence-corrected chi connectivity index (χ0v) is 11.4. The van der Waals surface area contributed by atoms with Crippen molar-refractivity contribution in [1.29, 1.82) is 0 Å². The molecule has 1 aliphatic rings. The molecule has 1 aromatic carbocycles. The Morgan fingerprint density at radius 3 is 2.52 bits per heavy atom. The van der Waals surface area contributed by atoms with Crippen molar-refractivity contribution in [3.63, 3.8) is 0 Å². The Morgan fingerprint density at radius 2 is 1.95 bits per heavy atom. The fraction of sp³-hybridized carbons (Fsp3) is 0.312. The number of nitrogens with zero attached hydrogens (tertiary/aromatic N) is 1. The average molecular weight is 295 g/mol. The summed E-state index contributed by atoms with van der Waals surface area (Å²) < 4.78 is 37.3. The van der Waals surface area contributed by atoms with Crippen molar-refractivity contribution in [2.75, 3.05) is 13.1 Å². The Kier molecular flexibility index (Phi) is 4.50. The van der Waals surface area contributed by atoms with Crippen LogP contribution in [0.3, 0.4) is 0 Å². The number of likely N-dealkylation sites (tertiary alicyclic amines) is 1. The highest BCUT2D eigenvalue weighted by Crippen LogP contribution is 2.29. The maximum atomic E-state index is 12.4. The largest absolute Gasteiger partial charge is 0.416 e. The Labute approximate surface area is 121 Å². The van der Waals surface area contributed by atoms with E-state index in [0.29, 0.717) is 13.1 Å². The zero-order chi connectivity index (χ0) is 15.5. The number of rotatable bonds is 3. The third kappa shape index (κ3) is 3.97. The third-order valence-electron chi connectivity index (χ3n) is 3.51. The van der Waals surface area contributed by atoms with Gasteiger partial charge in [-0.05, 0) is 36.1 Å². The van der Waals surface area contributed by atoms with Crippen LogP contribution in [0.25, 0.3) is 6.08 Å². The first kappa shape index (κ1) is 15.4. The van der Waals surface area contributed by atoms with Crippen LogP contribution in [-0.2, 0) is 11.0 Å². The zero-order valence-electron chi connectivity index (χ0n) is 11.4. The lowest BCUT2D eigenvalue weighted by Gasteiger charge is -2.12. The van der Waals surface area contributed by atoms with Gasteiger partial charge in [0.05, 0.1) is 5.56 Å². The maximum absolute atomic E-state index is 12.4. The lowest BCUT2D eigenvalue weighted by Crippen LogP contribution is -2.26. The molecule has 0 unspecified atom stereocenters. The summed E-state index contributed by atoms with van der Waals surface area (Å²) in [5.41, 5.74) is 0.0692. The van der Waals surface area contributed by atoms with E-state index in [0.717, 1.165) is 24.1 Å². The van der Waals surface area contributed by atoms with Gasteiger partial charge >= 0.3 is 6.18 Å². The summed E-state index contributed by atoms with van der Waals surface area (Å²) in [6.07, 6.45) is 1.59. The Balaban J connectivity index is 1.96. The van der Waals surface area contributed by atoms with Crippen molar-refractivity contribution in [2.45, 2.75) is 12.6 Å². The molecule has 1 aromatic rings. The molecule has 5 heteroatoms. The molecule has 1 atom stereocenters. The number of hydrogen-bond acceptors (Lipinski definition) is 1. The molecule has 1 heterocycles. The molecular formula is C16H16F3NO. The SMILES string of the molecule is C=CC(=O)N1CC[C@@H](/C=C/c2ccc(C(F)(F)F)cc2)C1. The second kappa shape index (κ2) is 6.16. The van der Waals surface area contributed by atoms with Gasteiger partial charge < -0.3 is 4.90 Å². The molecule has 0 aliphatic carbocycles. The van der Waals surface area contributed by atoms with Crippen molar-refractivity contribution in [1.82, 2.24) is 4.90 Å². The van der Waals surface area contributed by atoms with Crippen molar-refractivity contribution in [3.8, 4) is 0 Å². The van der Waals surface area contributed by atoms with Crippen LogP contribution in [0.1, 0.15) is 17.5 Å². The smallest absolute Gasteiger partial charge is 0.339 e. The van der Waals surface area contributed by atoms with Crippen LogP contribution < -0.4 is 0 Å². The first-order valence-corrected chi connectivity index (χ1v) is 6.67. The quantitative estimate of drug-likeness (QED) is 0.778. The van der Waals surface area contributed by atoms with E-state index in [4.69, 9.17) is 0 Å². The number of benzene rings is 1. The minimum atomic E-state index is -4.31. The summed E-state index contributed by atoms with van der Waals surface area (Å²) >= 11 is 0. The highest BCUT2D eigenvalue weighted by Gasteiger charge is 2.29. The summed E-state index contributed by atoms with van der Waals surface area (Å²) in [5.74, 6) is 0.150. The Morgan fingerprint density at radius 1 is 1.29 bits per heavy atom. The summed E-state index contributed by atoms with van der Waals surface area (Å²) in [5, 5.41) is 0. The molecule has 21 heavy (non-hydrogen) atoms. The summed E-state index contributed by atoms with van der Waals surface area (Å²) in [4.78, 5) is 13.2. The fourth-order valence-electron chi connectivity index (χ4n) is 2.30. The lowest BCUT2D eigenvalue weighted by molar-refractivity contribution is -0.137. The Bertz CT molecular complexity index is 546. The molecule has 0 saturated carbocycles. The summed E-state index contributed by atoms with van der Waals surface area (Å²) in [7, 11) is 0. The maximum Gasteiger partial charge on any atom is 0.416 e. The van der Waals surface area contributed by atoms with Gasteiger partial charge in [0.15, 0.2) is 0 Å². The topological polar surface area (TPSA) is 20.3 Å². The van der Waals surface area contributed by atoms with Crippen LogP contribution in [0.5, 0.6) is 0 Å². The lowest BCUT2D eigenvalue weighted by atomic mass is 10.1. The number of carbonyl (C=O) groups excluding carboxylic acids is 1. The van der Waals surface area contributed by atoms with Crippen molar-refractivity contribution in [2.24, 2.45) is 5.92 Å². The summed E-state index contributed by atoms with van der Waals surface area (Å²) in [6, 6.07) is 5.03. The Hall–Kier alpha value is -2.04. The molecule has 1 aliphatic heterocycles. The molecule has 2 rings (SSSR count). The molecule has 0 aromatic heterocycles.